The SMILES string of the molecule is O=C(COc1ccc(Br)cc1Br)Nc1ccc(C(=O)OC2CCCCC2)cc1. The molecule has 2 aromatic rings. The van der Waals surface area contributed by atoms with E-state index in [-0.39, 0.29) is 24.6 Å². The Bertz CT molecular complexity index is 833. The van der Waals surface area contributed by atoms with Gasteiger partial charge in [0, 0.05) is 10.2 Å². The Morgan fingerprint density at radius 2 is 1.71 bits per heavy atom. The van der Waals surface area contributed by atoms with Crippen LogP contribution in [0.2, 0.25) is 0 Å². The normalized spacial score (nSPS) is 14.4. The first kappa shape index (κ1) is 20.9. The van der Waals surface area contributed by atoms with E-state index in [0.717, 1.165) is 34.6 Å². The molecule has 28 heavy (non-hydrogen) atoms. The van der Waals surface area contributed by atoms with Crippen LogP contribution in [0.1, 0.15) is 42.5 Å². The van der Waals surface area contributed by atoms with Gasteiger partial charge >= 0.3 is 5.97 Å². The highest BCUT2D eigenvalue weighted by Gasteiger charge is 2.18. The summed E-state index contributed by atoms with van der Waals surface area (Å²) in [6, 6.07) is 12.1. The molecule has 0 spiro atoms. The molecule has 1 amide bonds. The fourth-order valence-corrected chi connectivity index (χ4v) is 4.19. The van der Waals surface area contributed by atoms with Crippen LogP contribution in [0, 0.1) is 0 Å². The van der Waals surface area contributed by atoms with Crippen LogP contribution >= 0.6 is 31.9 Å². The van der Waals surface area contributed by atoms with Crippen LogP contribution in [0.5, 0.6) is 5.75 Å². The van der Waals surface area contributed by atoms with Gasteiger partial charge in [-0.15, -0.1) is 0 Å². The molecule has 0 bridgehead atoms. The molecule has 3 rings (SSSR count). The minimum absolute atomic E-state index is 0.0238. The molecule has 0 saturated heterocycles. The Morgan fingerprint density at radius 1 is 1.00 bits per heavy atom. The summed E-state index contributed by atoms with van der Waals surface area (Å²) in [5, 5.41) is 2.75. The van der Waals surface area contributed by atoms with Gasteiger partial charge in [0.15, 0.2) is 6.61 Å². The zero-order valence-electron chi connectivity index (χ0n) is 15.3. The fraction of sp³-hybridized carbons (Fsp3) is 0.333. The Labute approximate surface area is 181 Å². The van der Waals surface area contributed by atoms with Crippen LogP contribution in [0.4, 0.5) is 5.69 Å². The van der Waals surface area contributed by atoms with Crippen molar-refractivity contribution < 1.29 is 19.1 Å². The van der Waals surface area contributed by atoms with E-state index < -0.39 is 0 Å². The van der Waals surface area contributed by atoms with Crippen molar-refractivity contribution in [2.75, 3.05) is 11.9 Å². The first-order chi connectivity index (χ1) is 13.5. The molecular weight excluding hydrogens is 490 g/mol. The maximum Gasteiger partial charge on any atom is 0.338 e. The highest BCUT2D eigenvalue weighted by atomic mass is 79.9. The van der Waals surface area contributed by atoms with E-state index in [2.05, 4.69) is 37.2 Å². The third-order valence-electron chi connectivity index (χ3n) is 4.48. The highest BCUT2D eigenvalue weighted by molar-refractivity contribution is 9.11. The van der Waals surface area contributed by atoms with Crippen LogP contribution in [0.3, 0.4) is 0 Å². The molecule has 5 nitrogen and oxygen atoms in total. The molecule has 1 aliphatic carbocycles. The molecular formula is C21H21Br2NO4. The Balaban J connectivity index is 1.49. The lowest BCUT2D eigenvalue weighted by Gasteiger charge is -2.21. The smallest absolute Gasteiger partial charge is 0.338 e. The second-order valence-corrected chi connectivity index (χ2v) is 8.42. The summed E-state index contributed by atoms with van der Waals surface area (Å²) in [5.41, 5.74) is 1.08. The van der Waals surface area contributed by atoms with Gasteiger partial charge in [0.25, 0.3) is 5.91 Å². The molecule has 1 aliphatic rings. The average Bonchev–Trinajstić information content (AvgIpc) is 2.68. The van der Waals surface area contributed by atoms with E-state index in [9.17, 15) is 9.59 Å². The predicted octanol–water partition coefficient (Wildman–Crippen LogP) is 5.72. The molecule has 0 aromatic heterocycles. The van der Waals surface area contributed by atoms with Gasteiger partial charge in [0.1, 0.15) is 11.9 Å². The summed E-state index contributed by atoms with van der Waals surface area (Å²) in [6.07, 6.45) is 5.34. The van der Waals surface area contributed by atoms with E-state index in [1.807, 2.05) is 12.1 Å². The lowest BCUT2D eigenvalue weighted by Crippen LogP contribution is -2.21. The van der Waals surface area contributed by atoms with E-state index >= 15 is 0 Å². The molecule has 0 aliphatic heterocycles. The summed E-state index contributed by atoms with van der Waals surface area (Å²) in [6.45, 7) is -0.119. The summed E-state index contributed by atoms with van der Waals surface area (Å²) >= 11 is 6.76. The average molecular weight is 511 g/mol. The molecule has 7 heteroatoms. The second kappa shape index (κ2) is 10.1. The summed E-state index contributed by atoms with van der Waals surface area (Å²) < 4.78 is 12.7. The Morgan fingerprint density at radius 3 is 2.39 bits per heavy atom. The van der Waals surface area contributed by atoms with Gasteiger partial charge in [-0.2, -0.15) is 0 Å². The number of ether oxygens (including phenoxy) is 2. The number of anilines is 1. The molecule has 0 radical (unpaired) electrons. The van der Waals surface area contributed by atoms with Gasteiger partial charge in [-0.25, -0.2) is 4.79 Å². The largest absolute Gasteiger partial charge is 0.483 e. The van der Waals surface area contributed by atoms with Crippen molar-refractivity contribution in [1.82, 2.24) is 0 Å². The first-order valence-electron chi connectivity index (χ1n) is 9.20. The van der Waals surface area contributed by atoms with Crippen LogP contribution < -0.4 is 10.1 Å². The van der Waals surface area contributed by atoms with E-state index in [4.69, 9.17) is 9.47 Å². The van der Waals surface area contributed by atoms with Crippen molar-refractivity contribution in [3.05, 3.63) is 57.0 Å². The summed E-state index contributed by atoms with van der Waals surface area (Å²) in [4.78, 5) is 24.3. The molecule has 0 atom stereocenters. The molecule has 0 unspecified atom stereocenters. The minimum Gasteiger partial charge on any atom is -0.483 e. The molecule has 1 saturated carbocycles. The molecule has 0 heterocycles. The van der Waals surface area contributed by atoms with Crippen molar-refractivity contribution in [2.24, 2.45) is 0 Å². The van der Waals surface area contributed by atoms with Crippen LogP contribution in [0.15, 0.2) is 51.4 Å². The number of halogens is 2. The minimum atomic E-state index is -0.312. The number of benzene rings is 2. The molecule has 2 aromatic carbocycles. The maximum atomic E-state index is 12.2. The van der Waals surface area contributed by atoms with Crippen molar-refractivity contribution in [1.29, 1.82) is 0 Å². The highest BCUT2D eigenvalue weighted by Crippen LogP contribution is 2.28. The number of amides is 1. The zero-order chi connectivity index (χ0) is 19.9. The van der Waals surface area contributed by atoms with Gasteiger partial charge in [-0.05, 0) is 84.1 Å². The molecule has 1 fully saturated rings. The topological polar surface area (TPSA) is 64.6 Å². The van der Waals surface area contributed by atoms with Crippen LogP contribution in [-0.4, -0.2) is 24.6 Å². The molecule has 1 N–H and O–H groups in total. The van der Waals surface area contributed by atoms with Crippen molar-refractivity contribution in [3.63, 3.8) is 0 Å². The van der Waals surface area contributed by atoms with Crippen molar-refractivity contribution in [3.8, 4) is 5.75 Å². The lowest BCUT2D eigenvalue weighted by molar-refractivity contribution is -0.118. The van der Waals surface area contributed by atoms with Gasteiger partial charge < -0.3 is 14.8 Å². The van der Waals surface area contributed by atoms with Gasteiger partial charge in [-0.1, -0.05) is 22.4 Å². The van der Waals surface area contributed by atoms with Crippen molar-refractivity contribution in [2.45, 2.75) is 38.2 Å². The number of carbonyl (C=O) groups is 2. The maximum absolute atomic E-state index is 12.2. The van der Waals surface area contributed by atoms with Gasteiger partial charge in [-0.3, -0.25) is 4.79 Å². The number of nitrogens with one attached hydrogen (secondary N) is 1. The number of rotatable bonds is 6. The Kier molecular flexibility index (Phi) is 7.50. The lowest BCUT2D eigenvalue weighted by atomic mass is 9.98. The van der Waals surface area contributed by atoms with Gasteiger partial charge in [0.2, 0.25) is 0 Å². The number of carbonyl (C=O) groups excluding carboxylic acids is 2. The van der Waals surface area contributed by atoms with Crippen LogP contribution in [-0.2, 0) is 9.53 Å². The standard InChI is InChI=1S/C21H21Br2NO4/c22-15-8-11-19(18(23)12-15)27-13-20(25)24-16-9-6-14(7-10-16)21(26)28-17-4-2-1-3-5-17/h6-12,17H,1-5,13H2,(H,24,25). The fourth-order valence-electron chi connectivity index (χ4n) is 3.02. The zero-order valence-corrected chi connectivity index (χ0v) is 18.4. The number of hydrogen-bond acceptors (Lipinski definition) is 4. The predicted molar refractivity (Wildman–Crippen MR) is 115 cm³/mol. The third kappa shape index (κ3) is 6.07. The van der Waals surface area contributed by atoms with E-state index in [1.165, 1.54) is 6.42 Å². The third-order valence-corrected chi connectivity index (χ3v) is 5.60. The van der Waals surface area contributed by atoms with Crippen molar-refractivity contribution >= 4 is 49.4 Å². The van der Waals surface area contributed by atoms with E-state index in [0.29, 0.717) is 17.0 Å². The number of esters is 1. The Hall–Kier alpha value is -1.86. The first-order valence-corrected chi connectivity index (χ1v) is 10.8. The van der Waals surface area contributed by atoms with Gasteiger partial charge in [0.05, 0.1) is 10.0 Å². The monoisotopic (exact) mass is 509 g/mol. The quantitative estimate of drug-likeness (QED) is 0.505. The number of hydrogen-bond donors (Lipinski definition) is 1. The second-order valence-electron chi connectivity index (χ2n) is 6.65. The molecule has 148 valence electrons. The van der Waals surface area contributed by atoms with Crippen LogP contribution in [0.25, 0.3) is 0 Å². The summed E-state index contributed by atoms with van der Waals surface area (Å²) in [5.74, 6) is -0.0142. The van der Waals surface area contributed by atoms with E-state index in [1.54, 1.807) is 30.3 Å². The summed E-state index contributed by atoms with van der Waals surface area (Å²) in [7, 11) is 0.